The summed E-state index contributed by atoms with van der Waals surface area (Å²) >= 11 is 0. The fourth-order valence-electron chi connectivity index (χ4n) is 4.24. The van der Waals surface area contributed by atoms with Crippen LogP contribution < -0.4 is 15.4 Å². The van der Waals surface area contributed by atoms with Crippen molar-refractivity contribution in [2.45, 2.75) is 12.5 Å². The second kappa shape index (κ2) is 14.9. The zero-order chi connectivity index (χ0) is 21.9. The van der Waals surface area contributed by atoms with Crippen molar-refractivity contribution in [2.75, 3.05) is 93.3 Å². The number of benzene rings is 1. The number of aliphatic imine (C=N–C) groups is 1. The summed E-state index contributed by atoms with van der Waals surface area (Å²) < 4.78 is 10.9. The Morgan fingerprint density at radius 1 is 1.06 bits per heavy atom. The van der Waals surface area contributed by atoms with Crippen LogP contribution in [0, 0.1) is 0 Å². The van der Waals surface area contributed by atoms with Crippen LogP contribution in [-0.2, 0) is 4.74 Å². The van der Waals surface area contributed by atoms with Crippen LogP contribution in [0.25, 0.3) is 0 Å². The van der Waals surface area contributed by atoms with E-state index in [1.807, 2.05) is 19.2 Å². The van der Waals surface area contributed by atoms with Crippen molar-refractivity contribution >= 4 is 29.9 Å². The zero-order valence-electron chi connectivity index (χ0n) is 19.9. The van der Waals surface area contributed by atoms with Crippen LogP contribution in [0.4, 0.5) is 0 Å². The number of hydrogen-bond acceptors (Lipinski definition) is 6. The number of guanidine groups is 1. The first-order valence-electron chi connectivity index (χ1n) is 11.5. The van der Waals surface area contributed by atoms with Gasteiger partial charge in [-0.05, 0) is 44.3 Å². The number of ether oxygens (including phenoxy) is 2. The highest BCUT2D eigenvalue weighted by atomic mass is 127. The number of halogens is 1. The van der Waals surface area contributed by atoms with Gasteiger partial charge in [-0.3, -0.25) is 9.89 Å². The molecule has 3 rings (SSSR count). The molecule has 0 spiro atoms. The number of likely N-dealkylation sites (N-methyl/N-ethyl adjacent to an activating group) is 1. The number of nitrogens with zero attached hydrogens (tertiary/aromatic N) is 4. The third-order valence-corrected chi connectivity index (χ3v) is 6.21. The fraction of sp³-hybridized carbons (Fsp3) is 0.696. The summed E-state index contributed by atoms with van der Waals surface area (Å²) in [5, 5.41) is 7.05. The van der Waals surface area contributed by atoms with Gasteiger partial charge in [0.05, 0.1) is 26.4 Å². The normalized spacial score (nSPS) is 20.2. The van der Waals surface area contributed by atoms with Crippen LogP contribution in [0.2, 0.25) is 0 Å². The van der Waals surface area contributed by atoms with Crippen LogP contribution in [0.5, 0.6) is 5.75 Å². The van der Waals surface area contributed by atoms with Gasteiger partial charge in [0.1, 0.15) is 5.75 Å². The Hall–Kier alpha value is -1.14. The Morgan fingerprint density at radius 3 is 2.50 bits per heavy atom. The first kappa shape index (κ1) is 27.1. The number of hydrogen-bond donors (Lipinski definition) is 2. The third kappa shape index (κ3) is 8.66. The molecule has 0 saturated carbocycles. The molecule has 2 aliphatic rings. The standard InChI is InChI=1S/C23H40N6O2.HI/c1-24-23(25-9-12-28-11-4-10-27(2)13-14-28)26-19-22(29-15-17-31-18-16-29)20-5-7-21(30-3)8-6-20;/h5-8,22H,4,9-19H2,1-3H3,(H2,24,25,26);1H. The van der Waals surface area contributed by atoms with Crippen LogP contribution in [0.15, 0.2) is 29.3 Å². The van der Waals surface area contributed by atoms with Crippen LogP contribution in [0.1, 0.15) is 18.0 Å². The third-order valence-electron chi connectivity index (χ3n) is 6.21. The largest absolute Gasteiger partial charge is 0.497 e. The summed E-state index contributed by atoms with van der Waals surface area (Å²) in [7, 11) is 5.75. The van der Waals surface area contributed by atoms with Crippen molar-refractivity contribution in [3.63, 3.8) is 0 Å². The lowest BCUT2D eigenvalue weighted by atomic mass is 10.0. The molecule has 2 saturated heterocycles. The van der Waals surface area contributed by atoms with Crippen molar-refractivity contribution in [3.05, 3.63) is 29.8 Å². The zero-order valence-corrected chi connectivity index (χ0v) is 22.2. The summed E-state index contributed by atoms with van der Waals surface area (Å²) in [4.78, 5) is 11.9. The molecule has 182 valence electrons. The van der Waals surface area contributed by atoms with Gasteiger partial charge in [-0.1, -0.05) is 12.1 Å². The molecule has 8 nitrogen and oxygen atoms in total. The molecular weight excluding hydrogens is 519 g/mol. The molecular formula is C23H41IN6O2. The van der Waals surface area contributed by atoms with E-state index >= 15 is 0 Å². The molecule has 1 aromatic carbocycles. The average Bonchev–Trinajstić information content (AvgIpc) is 3.03. The van der Waals surface area contributed by atoms with E-state index in [0.717, 1.165) is 70.7 Å². The highest BCUT2D eigenvalue weighted by Gasteiger charge is 2.23. The predicted molar refractivity (Wildman–Crippen MR) is 141 cm³/mol. The quantitative estimate of drug-likeness (QED) is 0.284. The molecule has 1 atom stereocenters. The maximum atomic E-state index is 5.57. The molecule has 0 bridgehead atoms. The van der Waals surface area contributed by atoms with Gasteiger partial charge in [0, 0.05) is 52.9 Å². The molecule has 1 unspecified atom stereocenters. The molecule has 0 aromatic heterocycles. The van der Waals surface area contributed by atoms with Crippen LogP contribution in [-0.4, -0.2) is 114 Å². The summed E-state index contributed by atoms with van der Waals surface area (Å²) in [5.74, 6) is 1.74. The smallest absolute Gasteiger partial charge is 0.191 e. The van der Waals surface area contributed by atoms with E-state index in [-0.39, 0.29) is 30.0 Å². The summed E-state index contributed by atoms with van der Waals surface area (Å²) in [6.07, 6.45) is 1.24. The first-order chi connectivity index (χ1) is 15.2. The van der Waals surface area contributed by atoms with E-state index < -0.39 is 0 Å². The fourth-order valence-corrected chi connectivity index (χ4v) is 4.24. The molecule has 9 heteroatoms. The van der Waals surface area contributed by atoms with Gasteiger partial charge in [0.25, 0.3) is 0 Å². The maximum absolute atomic E-state index is 5.57. The van der Waals surface area contributed by atoms with E-state index in [1.165, 1.54) is 25.1 Å². The van der Waals surface area contributed by atoms with E-state index in [0.29, 0.717) is 0 Å². The van der Waals surface area contributed by atoms with Crippen LogP contribution >= 0.6 is 24.0 Å². The van der Waals surface area contributed by atoms with E-state index in [4.69, 9.17) is 9.47 Å². The first-order valence-corrected chi connectivity index (χ1v) is 11.5. The molecule has 1 aromatic rings. The summed E-state index contributed by atoms with van der Waals surface area (Å²) in [5.41, 5.74) is 1.28. The lowest BCUT2D eigenvalue weighted by molar-refractivity contribution is 0.0170. The maximum Gasteiger partial charge on any atom is 0.191 e. The van der Waals surface area contributed by atoms with E-state index in [9.17, 15) is 0 Å². The van der Waals surface area contributed by atoms with E-state index in [1.54, 1.807) is 7.11 Å². The lowest BCUT2D eigenvalue weighted by Gasteiger charge is -2.35. The Bertz CT molecular complexity index is 669. The van der Waals surface area contributed by atoms with Gasteiger partial charge in [-0.15, -0.1) is 24.0 Å². The van der Waals surface area contributed by atoms with Crippen molar-refractivity contribution in [3.8, 4) is 5.75 Å². The Kier molecular flexibility index (Phi) is 12.6. The predicted octanol–water partition coefficient (Wildman–Crippen LogP) is 1.49. The van der Waals surface area contributed by atoms with Gasteiger partial charge in [0.2, 0.25) is 0 Å². The van der Waals surface area contributed by atoms with E-state index in [2.05, 4.69) is 49.5 Å². The molecule has 0 aliphatic carbocycles. The van der Waals surface area contributed by atoms with Crippen molar-refractivity contribution in [1.82, 2.24) is 25.3 Å². The van der Waals surface area contributed by atoms with Crippen molar-refractivity contribution < 1.29 is 9.47 Å². The number of rotatable bonds is 8. The van der Waals surface area contributed by atoms with Crippen molar-refractivity contribution in [1.29, 1.82) is 0 Å². The molecule has 32 heavy (non-hydrogen) atoms. The molecule has 2 heterocycles. The van der Waals surface area contributed by atoms with Gasteiger partial charge in [-0.25, -0.2) is 0 Å². The topological polar surface area (TPSA) is 64.6 Å². The monoisotopic (exact) mass is 560 g/mol. The van der Waals surface area contributed by atoms with Gasteiger partial charge in [0.15, 0.2) is 5.96 Å². The minimum absolute atomic E-state index is 0. The Morgan fingerprint density at radius 2 is 1.81 bits per heavy atom. The average molecular weight is 561 g/mol. The number of morpholine rings is 1. The summed E-state index contributed by atoms with van der Waals surface area (Å²) in [6.45, 7) is 10.8. The van der Waals surface area contributed by atoms with Gasteiger partial charge < -0.3 is 29.9 Å². The minimum Gasteiger partial charge on any atom is -0.497 e. The number of methoxy groups -OCH3 is 1. The highest BCUT2D eigenvalue weighted by Crippen LogP contribution is 2.23. The van der Waals surface area contributed by atoms with Crippen molar-refractivity contribution in [2.24, 2.45) is 4.99 Å². The Balaban J connectivity index is 0.00000363. The number of nitrogens with one attached hydrogen (secondary N) is 2. The SMILES string of the molecule is CN=C(NCCN1CCCN(C)CC1)NCC(c1ccc(OC)cc1)N1CCOCC1.I. The van der Waals surface area contributed by atoms with Gasteiger partial charge in [-0.2, -0.15) is 0 Å². The minimum atomic E-state index is 0. The Labute approximate surface area is 210 Å². The lowest BCUT2D eigenvalue weighted by Crippen LogP contribution is -2.47. The van der Waals surface area contributed by atoms with Gasteiger partial charge >= 0.3 is 0 Å². The molecule has 2 fully saturated rings. The second-order valence-corrected chi connectivity index (χ2v) is 8.32. The summed E-state index contributed by atoms with van der Waals surface area (Å²) in [6, 6.07) is 8.65. The molecule has 2 N–H and O–H groups in total. The molecule has 0 amide bonds. The highest BCUT2D eigenvalue weighted by molar-refractivity contribution is 14.0. The molecule has 0 radical (unpaired) electrons. The second-order valence-electron chi connectivity index (χ2n) is 8.32. The molecule has 2 aliphatic heterocycles. The van der Waals surface area contributed by atoms with Crippen LogP contribution in [0.3, 0.4) is 0 Å².